The molecule has 0 heterocycles. The number of anilines is 1. The van der Waals surface area contributed by atoms with Gasteiger partial charge in [-0.15, -0.1) is 0 Å². The van der Waals surface area contributed by atoms with Crippen LogP contribution in [0.2, 0.25) is 0 Å². The Kier molecular flexibility index (Phi) is 9.13. The number of carboxylic acids is 1. The van der Waals surface area contributed by atoms with Crippen molar-refractivity contribution in [1.82, 2.24) is 0 Å². The summed E-state index contributed by atoms with van der Waals surface area (Å²) in [6.45, 7) is 0. The fourth-order valence-corrected chi connectivity index (χ4v) is 3.42. The topological polar surface area (TPSA) is 114 Å². The predicted molar refractivity (Wildman–Crippen MR) is 131 cm³/mol. The first-order chi connectivity index (χ1) is 17.0. The van der Waals surface area contributed by atoms with E-state index in [9.17, 15) is 14.7 Å². The first-order valence-corrected chi connectivity index (χ1v) is 11.0. The van der Waals surface area contributed by atoms with Gasteiger partial charge in [0, 0.05) is 17.3 Å². The summed E-state index contributed by atoms with van der Waals surface area (Å²) in [5.74, 6) is -0.354. The summed E-state index contributed by atoms with van der Waals surface area (Å²) < 4.78 is 17.1. The number of carbonyl (C=O) groups is 2. The van der Waals surface area contributed by atoms with Crippen LogP contribution in [0.5, 0.6) is 17.2 Å². The monoisotopic (exact) mass is 477 g/mol. The molecule has 3 aromatic carbocycles. The van der Waals surface area contributed by atoms with E-state index in [1.54, 1.807) is 48.5 Å². The number of methoxy groups -OCH3 is 1. The molecule has 3 aromatic rings. The highest BCUT2D eigenvalue weighted by Crippen LogP contribution is 2.34. The molecule has 0 aliphatic heterocycles. The van der Waals surface area contributed by atoms with Gasteiger partial charge in [-0.2, -0.15) is 0 Å². The average molecular weight is 478 g/mol. The van der Waals surface area contributed by atoms with Crippen LogP contribution in [0.15, 0.2) is 91.0 Å². The van der Waals surface area contributed by atoms with E-state index >= 15 is 0 Å². The van der Waals surface area contributed by atoms with Crippen molar-refractivity contribution in [3.05, 3.63) is 96.6 Å². The van der Waals surface area contributed by atoms with Crippen LogP contribution >= 0.6 is 0 Å². The number of hydrogen-bond acceptors (Lipinski definition) is 6. The highest BCUT2D eigenvalue weighted by molar-refractivity contribution is 5.84. The van der Waals surface area contributed by atoms with Gasteiger partial charge >= 0.3 is 12.1 Å². The van der Waals surface area contributed by atoms with Crippen molar-refractivity contribution < 1.29 is 34.0 Å². The summed E-state index contributed by atoms with van der Waals surface area (Å²) in [5.41, 5.74) is 1.04. The minimum absolute atomic E-state index is 0.119. The van der Waals surface area contributed by atoms with Crippen LogP contribution in [-0.2, 0) is 9.53 Å². The average Bonchev–Trinajstić information content (AvgIpc) is 2.85. The van der Waals surface area contributed by atoms with Gasteiger partial charge in [0.15, 0.2) is 17.6 Å². The van der Waals surface area contributed by atoms with E-state index in [-0.39, 0.29) is 11.5 Å². The van der Waals surface area contributed by atoms with Crippen molar-refractivity contribution in [3.8, 4) is 17.2 Å². The molecule has 0 aliphatic rings. The minimum Gasteiger partial charge on any atom is -0.504 e. The molecule has 0 bridgehead atoms. The van der Waals surface area contributed by atoms with Crippen molar-refractivity contribution in [3.63, 3.8) is 0 Å². The number of hydrogen-bond donors (Lipinski definition) is 3. The summed E-state index contributed by atoms with van der Waals surface area (Å²) in [6.07, 6.45) is 0.895. The number of nitrogens with one attached hydrogen (secondary N) is 1. The summed E-state index contributed by atoms with van der Waals surface area (Å²) >= 11 is 0. The van der Waals surface area contributed by atoms with Gasteiger partial charge in [0.1, 0.15) is 11.9 Å². The summed E-state index contributed by atoms with van der Waals surface area (Å²) in [4.78, 5) is 23.7. The standard InChI is InChI=1S/C27H27NO7/c1-33-23-17-16-19(18-22(23)29)26(35-27(32)28-20-10-4-2-5-11-20)24(14-8-9-15-25(30)31)34-21-12-6-3-7-13-21/h2-7,9-13,15-18,24,26,29H,8,14H2,1H3,(H,28,32)(H,30,31)/b15-9+/t24-,26-/m0/s1. The van der Waals surface area contributed by atoms with E-state index in [1.165, 1.54) is 19.3 Å². The molecule has 3 rings (SSSR count). The zero-order valence-electron chi connectivity index (χ0n) is 19.2. The smallest absolute Gasteiger partial charge is 0.412 e. The van der Waals surface area contributed by atoms with Crippen LogP contribution in [-0.4, -0.2) is 35.5 Å². The van der Waals surface area contributed by atoms with E-state index in [0.717, 1.165) is 6.08 Å². The van der Waals surface area contributed by atoms with Crippen molar-refractivity contribution in [2.45, 2.75) is 25.0 Å². The number of carboxylic acid groups (broad SMARTS) is 1. The van der Waals surface area contributed by atoms with Gasteiger partial charge in [0.25, 0.3) is 0 Å². The van der Waals surface area contributed by atoms with Gasteiger partial charge in [-0.25, -0.2) is 9.59 Å². The second kappa shape index (κ2) is 12.7. The SMILES string of the molecule is COc1ccc([C@H](OC(=O)Nc2ccccc2)[C@H](CC/C=C/C(=O)O)Oc2ccccc2)cc1O. The molecule has 0 unspecified atom stereocenters. The van der Waals surface area contributed by atoms with E-state index in [1.807, 2.05) is 24.3 Å². The molecule has 0 radical (unpaired) electrons. The third kappa shape index (κ3) is 7.82. The number of phenolic OH excluding ortho intramolecular Hbond substituents is 1. The number of amides is 1. The number of allylic oxidation sites excluding steroid dienone is 1. The summed E-state index contributed by atoms with van der Waals surface area (Å²) in [6, 6.07) is 22.6. The molecule has 0 aromatic heterocycles. The zero-order valence-corrected chi connectivity index (χ0v) is 19.2. The van der Waals surface area contributed by atoms with E-state index in [2.05, 4.69) is 5.32 Å². The Bertz CT molecular complexity index is 1130. The number of aliphatic carboxylic acids is 1. The quantitative estimate of drug-likeness (QED) is 0.310. The lowest BCUT2D eigenvalue weighted by molar-refractivity contribution is -0.131. The number of phenols is 1. The fourth-order valence-electron chi connectivity index (χ4n) is 3.42. The molecule has 8 heteroatoms. The van der Waals surface area contributed by atoms with Crippen molar-refractivity contribution in [2.75, 3.05) is 12.4 Å². The lowest BCUT2D eigenvalue weighted by Crippen LogP contribution is -2.31. The number of para-hydroxylation sites is 2. The summed E-state index contributed by atoms with van der Waals surface area (Å²) in [7, 11) is 1.44. The molecule has 0 fully saturated rings. The second-order valence-electron chi connectivity index (χ2n) is 7.54. The largest absolute Gasteiger partial charge is 0.504 e. The fraction of sp³-hybridized carbons (Fsp3) is 0.185. The maximum absolute atomic E-state index is 12.8. The van der Waals surface area contributed by atoms with Gasteiger partial charge in [-0.05, 0) is 49.2 Å². The van der Waals surface area contributed by atoms with Gasteiger partial charge < -0.3 is 24.4 Å². The molecule has 2 atom stereocenters. The number of benzene rings is 3. The van der Waals surface area contributed by atoms with E-state index in [4.69, 9.17) is 19.3 Å². The highest BCUT2D eigenvalue weighted by atomic mass is 16.6. The first-order valence-electron chi connectivity index (χ1n) is 11.0. The highest BCUT2D eigenvalue weighted by Gasteiger charge is 2.30. The van der Waals surface area contributed by atoms with E-state index < -0.39 is 24.3 Å². The Balaban J connectivity index is 1.92. The van der Waals surface area contributed by atoms with Crippen LogP contribution in [0, 0.1) is 0 Å². The molecule has 0 saturated heterocycles. The van der Waals surface area contributed by atoms with Crippen LogP contribution in [0.3, 0.4) is 0 Å². The van der Waals surface area contributed by atoms with Crippen molar-refractivity contribution >= 4 is 17.7 Å². The molecule has 0 spiro atoms. The molecule has 0 aliphatic carbocycles. The summed E-state index contributed by atoms with van der Waals surface area (Å²) in [5, 5.41) is 21.9. The Morgan fingerprint density at radius 2 is 1.69 bits per heavy atom. The lowest BCUT2D eigenvalue weighted by atomic mass is 9.99. The van der Waals surface area contributed by atoms with Gasteiger partial charge in [0.05, 0.1) is 7.11 Å². The third-order valence-corrected chi connectivity index (χ3v) is 5.03. The van der Waals surface area contributed by atoms with E-state index in [0.29, 0.717) is 29.8 Å². The Morgan fingerprint density at radius 1 is 1.00 bits per heavy atom. The molecular formula is C27H27NO7. The second-order valence-corrected chi connectivity index (χ2v) is 7.54. The molecular weight excluding hydrogens is 450 g/mol. The van der Waals surface area contributed by atoms with Gasteiger partial charge in [0.2, 0.25) is 0 Å². The third-order valence-electron chi connectivity index (χ3n) is 5.03. The molecule has 8 nitrogen and oxygen atoms in total. The van der Waals surface area contributed by atoms with Crippen LogP contribution in [0.1, 0.15) is 24.5 Å². The van der Waals surface area contributed by atoms with Crippen molar-refractivity contribution in [1.29, 1.82) is 0 Å². The number of aromatic hydroxyl groups is 1. The van der Waals surface area contributed by atoms with Crippen molar-refractivity contribution in [2.24, 2.45) is 0 Å². The van der Waals surface area contributed by atoms with Gasteiger partial charge in [-0.3, -0.25) is 5.32 Å². The number of ether oxygens (including phenoxy) is 3. The molecule has 182 valence electrons. The number of carbonyl (C=O) groups excluding carboxylic acids is 1. The molecule has 35 heavy (non-hydrogen) atoms. The molecule has 0 saturated carbocycles. The molecule has 1 amide bonds. The lowest BCUT2D eigenvalue weighted by Gasteiger charge is -2.28. The van der Waals surface area contributed by atoms with Crippen LogP contribution < -0.4 is 14.8 Å². The Morgan fingerprint density at radius 3 is 2.31 bits per heavy atom. The Hall–Kier alpha value is -4.46. The van der Waals surface area contributed by atoms with Gasteiger partial charge in [-0.1, -0.05) is 48.5 Å². The predicted octanol–water partition coefficient (Wildman–Crippen LogP) is 5.56. The van der Waals surface area contributed by atoms with Crippen LogP contribution in [0.25, 0.3) is 0 Å². The Labute approximate surface area is 203 Å². The normalized spacial score (nSPS) is 12.5. The molecule has 3 N–H and O–H groups in total. The number of rotatable bonds is 11. The maximum atomic E-state index is 12.8. The zero-order chi connectivity index (χ0) is 25.0. The first kappa shape index (κ1) is 25.2. The minimum atomic E-state index is -1.05. The maximum Gasteiger partial charge on any atom is 0.412 e. The van der Waals surface area contributed by atoms with Crippen LogP contribution in [0.4, 0.5) is 10.5 Å².